The number of pyridine rings is 1. The topological polar surface area (TPSA) is 100 Å². The molecule has 0 unspecified atom stereocenters. The van der Waals surface area contributed by atoms with Crippen molar-refractivity contribution in [1.29, 1.82) is 0 Å². The van der Waals surface area contributed by atoms with Gasteiger partial charge >= 0.3 is 5.97 Å². The largest absolute Gasteiger partial charge is 0.497 e. The van der Waals surface area contributed by atoms with Crippen molar-refractivity contribution >= 4 is 33.6 Å². The fourth-order valence-electron chi connectivity index (χ4n) is 3.00. The molecule has 0 saturated carbocycles. The summed E-state index contributed by atoms with van der Waals surface area (Å²) in [6.45, 7) is 1.69. The Kier molecular flexibility index (Phi) is 4.49. The number of benzene rings is 2. The minimum Gasteiger partial charge on any atom is -0.497 e. The Morgan fingerprint density at radius 1 is 1.04 bits per heavy atom. The van der Waals surface area contributed by atoms with E-state index >= 15 is 0 Å². The monoisotopic (exact) mass is 374 g/mol. The van der Waals surface area contributed by atoms with E-state index < -0.39 is 5.97 Å². The molecule has 7 nitrogen and oxygen atoms in total. The number of rotatable bonds is 4. The van der Waals surface area contributed by atoms with Crippen molar-refractivity contribution in [3.8, 4) is 5.75 Å². The average molecular weight is 374 g/mol. The van der Waals surface area contributed by atoms with E-state index in [1.54, 1.807) is 20.1 Å². The number of aryl methyl sites for hydroxylation is 1. The molecule has 0 aliphatic rings. The first-order valence-electron chi connectivity index (χ1n) is 8.69. The number of hydrogen-bond acceptors (Lipinski definition) is 7. The Morgan fingerprint density at radius 2 is 1.86 bits per heavy atom. The Bertz CT molecular complexity index is 1210. The smallest absolute Gasteiger partial charge is 0.340 e. The van der Waals surface area contributed by atoms with Crippen molar-refractivity contribution in [3.05, 3.63) is 65.6 Å². The number of methoxy groups -OCH3 is 1. The van der Waals surface area contributed by atoms with E-state index in [2.05, 4.69) is 15.0 Å². The summed E-state index contributed by atoms with van der Waals surface area (Å²) >= 11 is 0. The van der Waals surface area contributed by atoms with Crippen LogP contribution in [0.5, 0.6) is 5.75 Å². The second-order valence-electron chi connectivity index (χ2n) is 6.30. The average Bonchev–Trinajstić information content (AvgIpc) is 2.71. The maximum Gasteiger partial charge on any atom is 0.340 e. The van der Waals surface area contributed by atoms with Crippen molar-refractivity contribution in [2.75, 3.05) is 12.8 Å². The molecule has 4 rings (SSSR count). The number of carbonyl (C=O) groups is 1. The predicted molar refractivity (Wildman–Crippen MR) is 106 cm³/mol. The van der Waals surface area contributed by atoms with Crippen molar-refractivity contribution in [2.24, 2.45) is 0 Å². The highest BCUT2D eigenvalue weighted by Crippen LogP contribution is 2.22. The van der Waals surface area contributed by atoms with Gasteiger partial charge in [-0.25, -0.2) is 14.8 Å². The number of carbonyl (C=O) groups excluding carboxylic acids is 1. The standard InChI is InChI=1S/C21H18N4O3/c1-12-16(9-13-7-8-14(27-2)10-18(13)23-12)21(26)28-11-19-24-17-6-4-3-5-15(17)20(22)25-19/h3-10H,11H2,1-2H3,(H2,22,24,25). The number of para-hydroxylation sites is 1. The van der Waals surface area contributed by atoms with Gasteiger partial charge in [0.05, 0.1) is 29.4 Å². The molecule has 28 heavy (non-hydrogen) atoms. The zero-order chi connectivity index (χ0) is 19.7. The molecule has 0 bridgehead atoms. The molecule has 140 valence electrons. The number of fused-ring (bicyclic) bond motifs is 2. The molecule has 0 fully saturated rings. The van der Waals surface area contributed by atoms with Crippen molar-refractivity contribution in [3.63, 3.8) is 0 Å². The molecular weight excluding hydrogens is 356 g/mol. The number of nitrogen functional groups attached to an aromatic ring is 1. The van der Waals surface area contributed by atoms with Crippen LogP contribution in [0.4, 0.5) is 5.82 Å². The van der Waals surface area contributed by atoms with E-state index in [0.29, 0.717) is 34.2 Å². The van der Waals surface area contributed by atoms with E-state index in [-0.39, 0.29) is 6.61 Å². The third kappa shape index (κ3) is 3.29. The van der Waals surface area contributed by atoms with Gasteiger partial charge in [0, 0.05) is 16.8 Å². The molecule has 2 N–H and O–H groups in total. The summed E-state index contributed by atoms with van der Waals surface area (Å²) in [7, 11) is 1.60. The van der Waals surface area contributed by atoms with Crippen LogP contribution in [0.25, 0.3) is 21.8 Å². The summed E-state index contributed by atoms with van der Waals surface area (Å²) in [4.78, 5) is 25.7. The van der Waals surface area contributed by atoms with Crippen LogP contribution in [0, 0.1) is 6.92 Å². The first-order valence-corrected chi connectivity index (χ1v) is 8.69. The number of anilines is 1. The molecule has 0 saturated heterocycles. The van der Waals surface area contributed by atoms with Gasteiger partial charge in [0.2, 0.25) is 0 Å². The fourth-order valence-corrected chi connectivity index (χ4v) is 3.00. The Balaban J connectivity index is 1.57. The number of esters is 1. The highest BCUT2D eigenvalue weighted by atomic mass is 16.5. The lowest BCUT2D eigenvalue weighted by Gasteiger charge is -2.09. The summed E-state index contributed by atoms with van der Waals surface area (Å²) in [6.07, 6.45) is 0. The molecule has 2 aromatic carbocycles. The molecule has 0 radical (unpaired) electrons. The predicted octanol–water partition coefficient (Wildman–Crippen LogP) is 3.43. The SMILES string of the molecule is COc1ccc2cc(C(=O)OCc3nc(N)c4ccccc4n3)c(C)nc2c1. The van der Waals surface area contributed by atoms with E-state index in [0.717, 1.165) is 16.3 Å². The number of aromatic nitrogens is 3. The van der Waals surface area contributed by atoms with Gasteiger partial charge in [-0.2, -0.15) is 0 Å². The molecule has 0 aliphatic heterocycles. The minimum atomic E-state index is -0.488. The van der Waals surface area contributed by atoms with E-state index in [4.69, 9.17) is 15.2 Å². The van der Waals surface area contributed by atoms with Crippen LogP contribution in [0.15, 0.2) is 48.5 Å². The Hall–Kier alpha value is -3.74. The lowest BCUT2D eigenvalue weighted by molar-refractivity contribution is 0.0461. The Labute approximate surface area is 161 Å². The van der Waals surface area contributed by atoms with Crippen LogP contribution in [0.3, 0.4) is 0 Å². The lowest BCUT2D eigenvalue weighted by atomic mass is 10.1. The summed E-state index contributed by atoms with van der Waals surface area (Å²) in [5, 5.41) is 1.59. The van der Waals surface area contributed by atoms with Gasteiger partial charge in [-0.05, 0) is 37.3 Å². The summed E-state index contributed by atoms with van der Waals surface area (Å²) < 4.78 is 10.6. The van der Waals surface area contributed by atoms with E-state index in [9.17, 15) is 4.79 Å². The lowest BCUT2D eigenvalue weighted by Crippen LogP contribution is -2.11. The van der Waals surface area contributed by atoms with E-state index in [1.807, 2.05) is 42.5 Å². The summed E-state index contributed by atoms with van der Waals surface area (Å²) in [6, 6.07) is 14.7. The van der Waals surface area contributed by atoms with Gasteiger partial charge in [0.1, 0.15) is 11.6 Å². The molecule has 2 aromatic heterocycles. The van der Waals surface area contributed by atoms with E-state index in [1.165, 1.54) is 0 Å². The third-order valence-corrected chi connectivity index (χ3v) is 4.45. The minimum absolute atomic E-state index is 0.0754. The van der Waals surface area contributed by atoms with Crippen LogP contribution in [-0.4, -0.2) is 28.0 Å². The number of hydrogen-bond donors (Lipinski definition) is 1. The zero-order valence-corrected chi connectivity index (χ0v) is 15.5. The van der Waals surface area contributed by atoms with Crippen molar-refractivity contribution in [1.82, 2.24) is 15.0 Å². The highest BCUT2D eigenvalue weighted by molar-refractivity contribution is 5.95. The molecular formula is C21H18N4O3. The third-order valence-electron chi connectivity index (χ3n) is 4.45. The summed E-state index contributed by atoms with van der Waals surface area (Å²) in [5.74, 6) is 0.925. The summed E-state index contributed by atoms with van der Waals surface area (Å²) in [5.41, 5.74) is 8.40. The molecule has 2 heterocycles. The van der Waals surface area contributed by atoms with Gasteiger partial charge in [-0.15, -0.1) is 0 Å². The molecule has 7 heteroatoms. The van der Waals surface area contributed by atoms with Crippen LogP contribution >= 0.6 is 0 Å². The van der Waals surface area contributed by atoms with Crippen LogP contribution in [-0.2, 0) is 11.3 Å². The second kappa shape index (κ2) is 7.11. The van der Waals surface area contributed by atoms with Crippen LogP contribution in [0.1, 0.15) is 21.9 Å². The molecule has 4 aromatic rings. The molecule has 0 amide bonds. The van der Waals surface area contributed by atoms with Crippen LogP contribution in [0.2, 0.25) is 0 Å². The van der Waals surface area contributed by atoms with Gasteiger partial charge < -0.3 is 15.2 Å². The van der Waals surface area contributed by atoms with Crippen molar-refractivity contribution in [2.45, 2.75) is 13.5 Å². The zero-order valence-electron chi connectivity index (χ0n) is 15.5. The first-order chi connectivity index (χ1) is 13.5. The van der Waals surface area contributed by atoms with Crippen LogP contribution < -0.4 is 10.5 Å². The first kappa shape index (κ1) is 17.7. The van der Waals surface area contributed by atoms with Gasteiger partial charge in [0.15, 0.2) is 12.4 Å². The number of nitrogens with zero attached hydrogens (tertiary/aromatic N) is 3. The maximum absolute atomic E-state index is 12.6. The highest BCUT2D eigenvalue weighted by Gasteiger charge is 2.15. The fraction of sp³-hybridized carbons (Fsp3) is 0.143. The number of nitrogens with two attached hydrogens (primary N) is 1. The molecule has 0 atom stereocenters. The maximum atomic E-state index is 12.6. The Morgan fingerprint density at radius 3 is 2.68 bits per heavy atom. The molecule has 0 spiro atoms. The van der Waals surface area contributed by atoms with Gasteiger partial charge in [0.25, 0.3) is 0 Å². The second-order valence-corrected chi connectivity index (χ2v) is 6.30. The van der Waals surface area contributed by atoms with Gasteiger partial charge in [-0.3, -0.25) is 4.98 Å². The van der Waals surface area contributed by atoms with Gasteiger partial charge in [-0.1, -0.05) is 12.1 Å². The number of ether oxygens (including phenoxy) is 2. The molecule has 0 aliphatic carbocycles. The quantitative estimate of drug-likeness (QED) is 0.546. The normalized spacial score (nSPS) is 10.9. The van der Waals surface area contributed by atoms with Crippen molar-refractivity contribution < 1.29 is 14.3 Å².